The van der Waals surface area contributed by atoms with Crippen molar-refractivity contribution >= 4 is 18.0 Å². The molecule has 2 amide bonds. The molecule has 1 aliphatic heterocycles. The highest BCUT2D eigenvalue weighted by Gasteiger charge is 2.34. The first-order chi connectivity index (χ1) is 16.0. The highest BCUT2D eigenvalue weighted by atomic mass is 16.5. The Morgan fingerprint density at radius 2 is 1.67 bits per heavy atom. The van der Waals surface area contributed by atoms with Crippen LogP contribution in [-0.2, 0) is 19.1 Å². The van der Waals surface area contributed by atoms with E-state index in [1.165, 1.54) is 11.1 Å². The number of ether oxygens (including phenoxy) is 2. The molecule has 1 fully saturated rings. The second-order valence-electron chi connectivity index (χ2n) is 8.33. The van der Waals surface area contributed by atoms with Gasteiger partial charge in [0, 0.05) is 38.0 Å². The van der Waals surface area contributed by atoms with E-state index >= 15 is 0 Å². The van der Waals surface area contributed by atoms with Gasteiger partial charge in [-0.05, 0) is 35.1 Å². The SMILES string of the molecule is O=C(O)CCCNC(=O)[C@H]1OCC[C@H]1CNC(=O)OCC1c2ccccc2-c2ccccc21. The topological polar surface area (TPSA) is 114 Å². The van der Waals surface area contributed by atoms with E-state index in [0.717, 1.165) is 11.1 Å². The molecule has 2 aliphatic rings. The Labute approximate surface area is 192 Å². The number of nitrogens with one attached hydrogen (secondary N) is 2. The number of alkyl carbamates (subject to hydrolysis) is 1. The highest BCUT2D eigenvalue weighted by Crippen LogP contribution is 2.44. The molecule has 1 saturated heterocycles. The molecule has 33 heavy (non-hydrogen) atoms. The molecule has 0 saturated carbocycles. The fourth-order valence-corrected chi connectivity index (χ4v) is 4.55. The van der Waals surface area contributed by atoms with E-state index in [0.29, 0.717) is 19.4 Å². The second-order valence-corrected chi connectivity index (χ2v) is 8.33. The van der Waals surface area contributed by atoms with Crippen molar-refractivity contribution in [3.63, 3.8) is 0 Å². The van der Waals surface area contributed by atoms with Crippen LogP contribution in [-0.4, -0.2) is 55.5 Å². The van der Waals surface area contributed by atoms with Crippen molar-refractivity contribution in [2.45, 2.75) is 31.3 Å². The Bertz CT molecular complexity index is 978. The van der Waals surface area contributed by atoms with Crippen LogP contribution >= 0.6 is 0 Å². The Morgan fingerprint density at radius 1 is 1.00 bits per heavy atom. The van der Waals surface area contributed by atoms with Crippen LogP contribution in [0.4, 0.5) is 4.79 Å². The lowest BCUT2D eigenvalue weighted by Crippen LogP contribution is -2.42. The number of carbonyl (C=O) groups excluding carboxylic acids is 2. The summed E-state index contributed by atoms with van der Waals surface area (Å²) in [4.78, 5) is 35.3. The first-order valence-electron chi connectivity index (χ1n) is 11.2. The molecule has 4 rings (SSSR count). The minimum atomic E-state index is -0.897. The minimum Gasteiger partial charge on any atom is -0.481 e. The number of carboxylic acids is 1. The van der Waals surface area contributed by atoms with Crippen molar-refractivity contribution in [3.05, 3.63) is 59.7 Å². The summed E-state index contributed by atoms with van der Waals surface area (Å²) >= 11 is 0. The fourth-order valence-electron chi connectivity index (χ4n) is 4.55. The van der Waals surface area contributed by atoms with Crippen LogP contribution in [0.2, 0.25) is 0 Å². The molecule has 2 aromatic rings. The Kier molecular flexibility index (Phi) is 7.24. The largest absolute Gasteiger partial charge is 0.481 e. The molecule has 3 N–H and O–H groups in total. The first-order valence-corrected chi connectivity index (χ1v) is 11.2. The van der Waals surface area contributed by atoms with Crippen molar-refractivity contribution in [1.82, 2.24) is 10.6 Å². The van der Waals surface area contributed by atoms with Gasteiger partial charge in [-0.25, -0.2) is 4.79 Å². The number of hydrogen-bond donors (Lipinski definition) is 3. The fraction of sp³-hybridized carbons (Fsp3) is 0.400. The van der Waals surface area contributed by atoms with Gasteiger partial charge < -0.3 is 25.2 Å². The number of carbonyl (C=O) groups is 3. The summed E-state index contributed by atoms with van der Waals surface area (Å²) in [6, 6.07) is 16.3. The van der Waals surface area contributed by atoms with Gasteiger partial charge in [0.25, 0.3) is 0 Å². The van der Waals surface area contributed by atoms with E-state index in [1.54, 1.807) is 0 Å². The molecule has 8 nitrogen and oxygen atoms in total. The third-order valence-electron chi connectivity index (χ3n) is 6.19. The molecular formula is C25H28N2O6. The van der Waals surface area contributed by atoms with E-state index in [9.17, 15) is 14.4 Å². The van der Waals surface area contributed by atoms with Crippen molar-refractivity contribution in [3.8, 4) is 11.1 Å². The molecular weight excluding hydrogens is 424 g/mol. The average Bonchev–Trinajstić information content (AvgIpc) is 3.42. The molecule has 1 heterocycles. The van der Waals surface area contributed by atoms with Crippen LogP contribution in [0.15, 0.2) is 48.5 Å². The smallest absolute Gasteiger partial charge is 0.407 e. The summed E-state index contributed by atoms with van der Waals surface area (Å²) in [7, 11) is 0. The van der Waals surface area contributed by atoms with Crippen LogP contribution in [0, 0.1) is 5.92 Å². The van der Waals surface area contributed by atoms with Crippen LogP contribution in [0.25, 0.3) is 11.1 Å². The number of aliphatic carboxylic acids is 1. The average molecular weight is 453 g/mol. The first kappa shape index (κ1) is 22.8. The molecule has 0 spiro atoms. The lowest BCUT2D eigenvalue weighted by atomic mass is 9.98. The Hall–Kier alpha value is -3.39. The molecule has 2 aromatic carbocycles. The molecule has 0 unspecified atom stereocenters. The van der Waals surface area contributed by atoms with Crippen molar-refractivity contribution in [2.75, 3.05) is 26.3 Å². The van der Waals surface area contributed by atoms with Crippen LogP contribution in [0.3, 0.4) is 0 Å². The molecule has 0 radical (unpaired) electrons. The lowest BCUT2D eigenvalue weighted by Gasteiger charge is -2.19. The standard InChI is InChI=1S/C25H28N2O6/c28-22(29)10-5-12-26-24(30)23-16(11-13-32-23)14-27-25(31)33-15-21-19-8-3-1-6-17(19)18-7-2-4-9-20(18)21/h1-4,6-9,16,21,23H,5,10-15H2,(H,26,30)(H,27,31)(H,28,29)/t16-,23-/m0/s1. The quantitative estimate of drug-likeness (QED) is 0.504. The summed E-state index contributed by atoms with van der Waals surface area (Å²) in [6.45, 7) is 1.21. The monoisotopic (exact) mass is 452 g/mol. The number of carboxylic acid groups (broad SMARTS) is 1. The number of rotatable bonds is 9. The second kappa shape index (κ2) is 10.5. The summed E-state index contributed by atoms with van der Waals surface area (Å²) in [5, 5.41) is 14.1. The van der Waals surface area contributed by atoms with Gasteiger partial charge in [-0.3, -0.25) is 9.59 Å². The molecule has 0 aromatic heterocycles. The van der Waals surface area contributed by atoms with E-state index in [-0.39, 0.29) is 43.9 Å². The van der Waals surface area contributed by atoms with Gasteiger partial charge in [0.05, 0.1) is 0 Å². The minimum absolute atomic E-state index is 0.00142. The van der Waals surface area contributed by atoms with Crippen molar-refractivity contribution in [2.24, 2.45) is 5.92 Å². The maximum Gasteiger partial charge on any atom is 0.407 e. The zero-order valence-corrected chi connectivity index (χ0v) is 18.3. The normalized spacial score (nSPS) is 18.9. The van der Waals surface area contributed by atoms with Crippen molar-refractivity contribution in [1.29, 1.82) is 0 Å². The van der Waals surface area contributed by atoms with Crippen molar-refractivity contribution < 1.29 is 29.0 Å². The molecule has 1 aliphatic carbocycles. The summed E-state index contributed by atoms with van der Waals surface area (Å²) in [5.74, 6) is -1.35. The van der Waals surface area contributed by atoms with Gasteiger partial charge in [0.15, 0.2) is 0 Å². The van der Waals surface area contributed by atoms with Gasteiger partial charge in [0.1, 0.15) is 12.7 Å². The van der Waals surface area contributed by atoms with E-state index < -0.39 is 18.2 Å². The summed E-state index contributed by atoms with van der Waals surface area (Å²) < 4.78 is 11.1. The van der Waals surface area contributed by atoms with E-state index in [4.69, 9.17) is 14.6 Å². The predicted octanol–water partition coefficient (Wildman–Crippen LogP) is 2.91. The molecule has 0 bridgehead atoms. The number of hydrogen-bond acceptors (Lipinski definition) is 5. The van der Waals surface area contributed by atoms with E-state index in [1.807, 2.05) is 24.3 Å². The van der Waals surface area contributed by atoms with Gasteiger partial charge in [-0.2, -0.15) is 0 Å². The molecule has 174 valence electrons. The molecule has 2 atom stereocenters. The lowest BCUT2D eigenvalue weighted by molar-refractivity contribution is -0.137. The van der Waals surface area contributed by atoms with Gasteiger partial charge >= 0.3 is 12.1 Å². The summed E-state index contributed by atoms with van der Waals surface area (Å²) in [6.07, 6.45) is -0.181. The Morgan fingerprint density at radius 3 is 2.33 bits per heavy atom. The zero-order valence-electron chi connectivity index (χ0n) is 18.3. The molecule has 8 heteroatoms. The van der Waals surface area contributed by atoms with Gasteiger partial charge in [-0.1, -0.05) is 48.5 Å². The number of benzene rings is 2. The van der Waals surface area contributed by atoms with Gasteiger partial charge in [0.2, 0.25) is 5.91 Å². The maximum atomic E-state index is 12.4. The number of amides is 2. The zero-order chi connectivity index (χ0) is 23.2. The maximum absolute atomic E-state index is 12.4. The Balaban J connectivity index is 1.26. The van der Waals surface area contributed by atoms with Crippen LogP contribution in [0.5, 0.6) is 0 Å². The summed E-state index contributed by atoms with van der Waals surface area (Å²) in [5.41, 5.74) is 4.63. The van der Waals surface area contributed by atoms with Gasteiger partial charge in [-0.15, -0.1) is 0 Å². The number of fused-ring (bicyclic) bond motifs is 3. The highest BCUT2D eigenvalue weighted by molar-refractivity contribution is 5.81. The van der Waals surface area contributed by atoms with Crippen LogP contribution in [0.1, 0.15) is 36.3 Å². The van der Waals surface area contributed by atoms with Crippen LogP contribution < -0.4 is 10.6 Å². The van der Waals surface area contributed by atoms with E-state index in [2.05, 4.69) is 34.9 Å². The third kappa shape index (κ3) is 5.34. The predicted molar refractivity (Wildman–Crippen MR) is 121 cm³/mol. The third-order valence-corrected chi connectivity index (χ3v) is 6.19.